The molecule has 0 aliphatic carbocycles. The third-order valence-electron chi connectivity index (χ3n) is 3.81. The van der Waals surface area contributed by atoms with Gasteiger partial charge in [-0.3, -0.25) is 4.79 Å². The highest BCUT2D eigenvalue weighted by atomic mass is 16.5. The predicted molar refractivity (Wildman–Crippen MR) is 81.3 cm³/mol. The standard InChI is InChI=1S/C16H33NO2/c1-5-7-8-9-10-11-12-13-17-15(14(3)6-2)16(18)19-4/h14-15,17H,5-13H2,1-4H3. The highest BCUT2D eigenvalue weighted by molar-refractivity contribution is 5.75. The van der Waals surface area contributed by atoms with Crippen LogP contribution in [0, 0.1) is 5.92 Å². The average Bonchev–Trinajstić information content (AvgIpc) is 2.44. The second-order valence-electron chi connectivity index (χ2n) is 5.46. The quantitative estimate of drug-likeness (QED) is 0.432. The number of nitrogens with one attached hydrogen (secondary N) is 1. The number of methoxy groups -OCH3 is 1. The second kappa shape index (κ2) is 12.5. The lowest BCUT2D eigenvalue weighted by molar-refractivity contribution is -0.144. The van der Waals surface area contributed by atoms with Crippen LogP contribution in [0.3, 0.4) is 0 Å². The molecule has 114 valence electrons. The highest BCUT2D eigenvalue weighted by Gasteiger charge is 2.23. The molecule has 2 atom stereocenters. The molecule has 0 saturated heterocycles. The van der Waals surface area contributed by atoms with E-state index in [1.54, 1.807) is 0 Å². The Bertz CT molecular complexity index is 219. The van der Waals surface area contributed by atoms with Crippen LogP contribution in [0.15, 0.2) is 0 Å². The van der Waals surface area contributed by atoms with Crippen LogP contribution in [-0.4, -0.2) is 25.7 Å². The van der Waals surface area contributed by atoms with Crippen molar-refractivity contribution in [2.75, 3.05) is 13.7 Å². The molecule has 0 aromatic heterocycles. The van der Waals surface area contributed by atoms with E-state index >= 15 is 0 Å². The Morgan fingerprint density at radius 2 is 1.63 bits per heavy atom. The van der Waals surface area contributed by atoms with Gasteiger partial charge in [-0.2, -0.15) is 0 Å². The van der Waals surface area contributed by atoms with Gasteiger partial charge in [0.05, 0.1) is 7.11 Å². The summed E-state index contributed by atoms with van der Waals surface area (Å²) < 4.78 is 4.86. The van der Waals surface area contributed by atoms with Crippen molar-refractivity contribution >= 4 is 5.97 Å². The molecule has 0 amide bonds. The lowest BCUT2D eigenvalue weighted by atomic mass is 9.99. The van der Waals surface area contributed by atoms with Gasteiger partial charge >= 0.3 is 5.97 Å². The molecule has 0 aromatic rings. The summed E-state index contributed by atoms with van der Waals surface area (Å²) in [6, 6.07) is -0.143. The number of hydrogen-bond acceptors (Lipinski definition) is 3. The van der Waals surface area contributed by atoms with E-state index in [0.717, 1.165) is 19.4 Å². The zero-order chi connectivity index (χ0) is 14.5. The minimum Gasteiger partial charge on any atom is -0.468 e. The van der Waals surface area contributed by atoms with E-state index in [1.165, 1.54) is 45.6 Å². The first-order chi connectivity index (χ1) is 9.17. The van der Waals surface area contributed by atoms with Crippen LogP contribution in [0.2, 0.25) is 0 Å². The third-order valence-corrected chi connectivity index (χ3v) is 3.81. The lowest BCUT2D eigenvalue weighted by Crippen LogP contribution is -2.42. The molecular weight excluding hydrogens is 238 g/mol. The van der Waals surface area contributed by atoms with Gasteiger partial charge in [0.1, 0.15) is 6.04 Å². The van der Waals surface area contributed by atoms with Crippen molar-refractivity contribution in [1.82, 2.24) is 5.32 Å². The lowest BCUT2D eigenvalue weighted by Gasteiger charge is -2.21. The smallest absolute Gasteiger partial charge is 0.323 e. The van der Waals surface area contributed by atoms with Gasteiger partial charge in [0.25, 0.3) is 0 Å². The van der Waals surface area contributed by atoms with E-state index in [4.69, 9.17) is 4.74 Å². The average molecular weight is 271 g/mol. The fourth-order valence-corrected chi connectivity index (χ4v) is 2.22. The minimum atomic E-state index is -0.143. The SMILES string of the molecule is CCCCCCCCCNC(C(=O)OC)C(C)CC. The van der Waals surface area contributed by atoms with Gasteiger partial charge in [-0.05, 0) is 18.9 Å². The number of hydrogen-bond donors (Lipinski definition) is 1. The molecule has 0 heterocycles. The number of esters is 1. The maximum atomic E-state index is 11.7. The zero-order valence-electron chi connectivity index (χ0n) is 13.3. The molecule has 0 saturated carbocycles. The first kappa shape index (κ1) is 18.4. The van der Waals surface area contributed by atoms with E-state index in [1.807, 2.05) is 0 Å². The van der Waals surface area contributed by atoms with E-state index in [-0.39, 0.29) is 12.0 Å². The fourth-order valence-electron chi connectivity index (χ4n) is 2.22. The largest absolute Gasteiger partial charge is 0.468 e. The molecule has 0 aliphatic rings. The van der Waals surface area contributed by atoms with Crippen LogP contribution < -0.4 is 5.32 Å². The van der Waals surface area contributed by atoms with Crippen molar-refractivity contribution < 1.29 is 9.53 Å². The van der Waals surface area contributed by atoms with Crippen LogP contribution in [0.1, 0.15) is 72.1 Å². The fraction of sp³-hybridized carbons (Fsp3) is 0.938. The minimum absolute atomic E-state index is 0.128. The maximum Gasteiger partial charge on any atom is 0.323 e. The van der Waals surface area contributed by atoms with Crippen molar-refractivity contribution in [3.8, 4) is 0 Å². The Morgan fingerprint density at radius 1 is 1.05 bits per heavy atom. The Labute approximate surface area is 119 Å². The van der Waals surface area contributed by atoms with Gasteiger partial charge < -0.3 is 10.1 Å². The number of carbonyl (C=O) groups excluding carboxylic acids is 1. The van der Waals surface area contributed by atoms with Crippen molar-refractivity contribution in [3.05, 3.63) is 0 Å². The Morgan fingerprint density at radius 3 is 2.16 bits per heavy atom. The van der Waals surface area contributed by atoms with E-state index in [2.05, 4.69) is 26.1 Å². The van der Waals surface area contributed by atoms with Crippen LogP contribution in [0.5, 0.6) is 0 Å². The highest BCUT2D eigenvalue weighted by Crippen LogP contribution is 2.10. The Kier molecular flexibility index (Phi) is 12.1. The summed E-state index contributed by atoms with van der Waals surface area (Å²) in [5.41, 5.74) is 0. The predicted octanol–water partition coefficient (Wildman–Crippen LogP) is 3.91. The van der Waals surface area contributed by atoms with Crippen LogP contribution in [-0.2, 0) is 9.53 Å². The number of carbonyl (C=O) groups is 1. The summed E-state index contributed by atoms with van der Waals surface area (Å²) in [4.78, 5) is 11.7. The first-order valence-corrected chi connectivity index (χ1v) is 7.98. The topological polar surface area (TPSA) is 38.3 Å². The summed E-state index contributed by atoms with van der Waals surface area (Å²) >= 11 is 0. The van der Waals surface area contributed by atoms with Crippen molar-refractivity contribution in [2.45, 2.75) is 78.2 Å². The third kappa shape index (κ3) is 9.04. The van der Waals surface area contributed by atoms with E-state index in [9.17, 15) is 4.79 Å². The molecule has 0 spiro atoms. The molecule has 1 N–H and O–H groups in total. The number of rotatable bonds is 12. The van der Waals surface area contributed by atoms with Gasteiger partial charge in [-0.15, -0.1) is 0 Å². The summed E-state index contributed by atoms with van der Waals surface area (Å²) in [6.45, 7) is 7.36. The molecule has 2 unspecified atom stereocenters. The molecule has 19 heavy (non-hydrogen) atoms. The normalized spacial score (nSPS) is 14.1. The Hall–Kier alpha value is -0.570. The monoisotopic (exact) mass is 271 g/mol. The van der Waals surface area contributed by atoms with Crippen molar-refractivity contribution in [3.63, 3.8) is 0 Å². The van der Waals surface area contributed by atoms with Gasteiger partial charge in [-0.25, -0.2) is 0 Å². The van der Waals surface area contributed by atoms with Crippen LogP contribution in [0.25, 0.3) is 0 Å². The Balaban J connectivity index is 3.67. The molecule has 0 aliphatic heterocycles. The number of unbranched alkanes of at least 4 members (excludes halogenated alkanes) is 6. The van der Waals surface area contributed by atoms with E-state index in [0.29, 0.717) is 5.92 Å². The molecule has 0 bridgehead atoms. The molecule has 0 rings (SSSR count). The number of ether oxygens (including phenoxy) is 1. The molecular formula is C16H33NO2. The summed E-state index contributed by atoms with van der Waals surface area (Å²) in [7, 11) is 1.47. The molecule has 3 nitrogen and oxygen atoms in total. The van der Waals surface area contributed by atoms with Gasteiger partial charge in [-0.1, -0.05) is 65.7 Å². The van der Waals surface area contributed by atoms with Crippen molar-refractivity contribution in [1.29, 1.82) is 0 Å². The van der Waals surface area contributed by atoms with Crippen molar-refractivity contribution in [2.24, 2.45) is 5.92 Å². The van der Waals surface area contributed by atoms with Crippen LogP contribution in [0.4, 0.5) is 0 Å². The maximum absolute atomic E-state index is 11.7. The molecule has 0 aromatic carbocycles. The van der Waals surface area contributed by atoms with Crippen LogP contribution >= 0.6 is 0 Å². The van der Waals surface area contributed by atoms with Gasteiger partial charge in [0, 0.05) is 0 Å². The van der Waals surface area contributed by atoms with E-state index < -0.39 is 0 Å². The van der Waals surface area contributed by atoms with Gasteiger partial charge in [0.2, 0.25) is 0 Å². The molecule has 0 radical (unpaired) electrons. The summed E-state index contributed by atoms with van der Waals surface area (Å²) in [6.07, 6.45) is 10.1. The first-order valence-electron chi connectivity index (χ1n) is 7.98. The summed E-state index contributed by atoms with van der Waals surface area (Å²) in [5, 5.41) is 3.35. The van der Waals surface area contributed by atoms with Gasteiger partial charge in [0.15, 0.2) is 0 Å². The molecule has 3 heteroatoms. The molecule has 0 fully saturated rings. The summed E-state index contributed by atoms with van der Waals surface area (Å²) in [5.74, 6) is 0.203. The second-order valence-corrected chi connectivity index (χ2v) is 5.46. The zero-order valence-corrected chi connectivity index (χ0v) is 13.3.